The molecule has 0 amide bonds. The standard InChI is InChI=1S/C23H19NO3SSe/c1-18-11-14-21(15-12-18)28(25,26)24-29(27,22-9-3-2-4-10-22)23-16-13-19-7-5-6-8-20(19)17-23/h2-17H,1H3. The van der Waals surface area contributed by atoms with Crippen LogP contribution in [-0.2, 0) is 13.9 Å². The van der Waals surface area contributed by atoms with Gasteiger partial charge in [0.25, 0.3) is 0 Å². The molecule has 1 atom stereocenters. The minimum absolute atomic E-state index is 0.0391. The molecule has 4 aromatic carbocycles. The second-order valence-electron chi connectivity index (χ2n) is 6.71. The van der Waals surface area contributed by atoms with Crippen LogP contribution in [0.15, 0.2) is 105 Å². The quantitative estimate of drug-likeness (QED) is 0.428. The Bertz CT molecular complexity index is 1400. The van der Waals surface area contributed by atoms with E-state index in [1.165, 1.54) is 12.1 Å². The monoisotopic (exact) mass is 469 g/mol. The van der Waals surface area contributed by atoms with Crippen molar-refractivity contribution < 1.29 is 12.3 Å². The summed E-state index contributed by atoms with van der Waals surface area (Å²) in [4.78, 5) is 0.0391. The summed E-state index contributed by atoms with van der Waals surface area (Å²) in [7, 11) is -4.10. The van der Waals surface area contributed by atoms with Crippen LogP contribution in [0.5, 0.6) is 0 Å². The number of sulfonamides is 1. The number of hydrogen-bond acceptors (Lipinski definition) is 3. The average Bonchev–Trinajstić information content (AvgIpc) is 2.74. The van der Waals surface area contributed by atoms with Gasteiger partial charge in [0.05, 0.1) is 0 Å². The van der Waals surface area contributed by atoms with Crippen molar-refractivity contribution in [2.75, 3.05) is 0 Å². The Labute approximate surface area is 172 Å². The van der Waals surface area contributed by atoms with Gasteiger partial charge in [-0.1, -0.05) is 0 Å². The van der Waals surface area contributed by atoms with Gasteiger partial charge in [-0.2, -0.15) is 0 Å². The van der Waals surface area contributed by atoms with Crippen LogP contribution >= 0.6 is 0 Å². The van der Waals surface area contributed by atoms with Crippen LogP contribution in [0.1, 0.15) is 5.56 Å². The Hall–Kier alpha value is -2.79. The van der Waals surface area contributed by atoms with E-state index in [-0.39, 0.29) is 4.90 Å². The van der Waals surface area contributed by atoms with Crippen molar-refractivity contribution in [3.63, 3.8) is 0 Å². The van der Waals surface area contributed by atoms with Crippen LogP contribution in [0.3, 0.4) is 0 Å². The Morgan fingerprint density at radius 3 is 2.00 bits per heavy atom. The number of nitrogens with zero attached hydrogens (tertiary/aromatic N) is 1. The van der Waals surface area contributed by atoms with Crippen LogP contribution < -0.4 is 8.92 Å². The van der Waals surface area contributed by atoms with Crippen LogP contribution in [0, 0.1) is 6.92 Å². The van der Waals surface area contributed by atoms with Crippen LogP contribution in [0.4, 0.5) is 0 Å². The van der Waals surface area contributed by atoms with Crippen molar-refractivity contribution in [2.45, 2.75) is 11.8 Å². The van der Waals surface area contributed by atoms with E-state index in [4.69, 9.17) is 0 Å². The molecule has 0 N–H and O–H groups in total. The van der Waals surface area contributed by atoms with E-state index in [0.29, 0.717) is 8.92 Å². The van der Waals surface area contributed by atoms with Gasteiger partial charge >= 0.3 is 172 Å². The Morgan fingerprint density at radius 2 is 1.31 bits per heavy atom. The summed E-state index contributed by atoms with van der Waals surface area (Å²) in [5, 5.41) is 1.88. The van der Waals surface area contributed by atoms with Crippen molar-refractivity contribution in [3.8, 4) is 0 Å². The summed E-state index contributed by atoms with van der Waals surface area (Å²) in [5.74, 6) is 0. The molecule has 0 aromatic heterocycles. The molecule has 0 aliphatic rings. The van der Waals surface area contributed by atoms with Gasteiger partial charge in [0.2, 0.25) is 0 Å². The molecule has 4 nitrogen and oxygen atoms in total. The second-order valence-corrected chi connectivity index (χ2v) is 13.4. The van der Waals surface area contributed by atoms with E-state index in [0.717, 1.165) is 16.3 Å². The second kappa shape index (κ2) is 7.56. The molecule has 0 aliphatic carbocycles. The fourth-order valence-corrected chi connectivity index (χ4v) is 10.2. The predicted molar refractivity (Wildman–Crippen MR) is 117 cm³/mol. The summed E-state index contributed by atoms with van der Waals surface area (Å²) in [5.41, 5.74) is 0.939. The number of benzene rings is 4. The summed E-state index contributed by atoms with van der Waals surface area (Å²) >= 11 is -4.40. The maximum absolute atomic E-state index is 14.2. The molecule has 0 spiro atoms. The van der Waals surface area contributed by atoms with Gasteiger partial charge in [0, 0.05) is 0 Å². The molecule has 4 rings (SSSR count). The summed E-state index contributed by atoms with van der Waals surface area (Å²) in [6.07, 6.45) is 0. The molecule has 1 unspecified atom stereocenters. The van der Waals surface area contributed by atoms with Gasteiger partial charge in [0.1, 0.15) is 0 Å². The summed E-state index contributed by atoms with van der Waals surface area (Å²) in [6, 6.07) is 28.1. The summed E-state index contributed by atoms with van der Waals surface area (Å²) < 4.78 is 45.2. The van der Waals surface area contributed by atoms with E-state index in [9.17, 15) is 12.3 Å². The first kappa shape index (κ1) is 19.5. The fourth-order valence-electron chi connectivity index (χ4n) is 3.06. The summed E-state index contributed by atoms with van der Waals surface area (Å²) in [6.45, 7) is 1.88. The van der Waals surface area contributed by atoms with E-state index in [1.54, 1.807) is 54.6 Å². The van der Waals surface area contributed by atoms with Gasteiger partial charge in [0.15, 0.2) is 0 Å². The van der Waals surface area contributed by atoms with Gasteiger partial charge < -0.3 is 0 Å². The molecule has 0 aliphatic heterocycles. The van der Waals surface area contributed by atoms with Crippen molar-refractivity contribution in [1.82, 2.24) is 0 Å². The van der Waals surface area contributed by atoms with Gasteiger partial charge in [-0.05, 0) is 0 Å². The number of aryl methyl sites for hydroxylation is 1. The van der Waals surface area contributed by atoms with E-state index in [1.807, 2.05) is 37.3 Å². The van der Waals surface area contributed by atoms with E-state index in [2.05, 4.69) is 3.37 Å². The molecular weight excluding hydrogens is 449 g/mol. The molecule has 146 valence electrons. The molecule has 29 heavy (non-hydrogen) atoms. The number of hydrogen-bond donors (Lipinski definition) is 0. The number of fused-ring (bicyclic) bond motifs is 1. The van der Waals surface area contributed by atoms with Crippen LogP contribution in [0.2, 0.25) is 0 Å². The normalized spacial score (nSPS) is 13.7. The van der Waals surface area contributed by atoms with Crippen molar-refractivity contribution in [2.24, 2.45) is 3.37 Å². The Balaban J connectivity index is 2.00. The minimum atomic E-state index is -4.40. The Morgan fingerprint density at radius 1 is 0.690 bits per heavy atom. The molecule has 0 saturated carbocycles. The average molecular weight is 468 g/mol. The van der Waals surface area contributed by atoms with E-state index < -0.39 is 22.6 Å². The molecule has 4 aromatic rings. The molecule has 0 saturated heterocycles. The zero-order valence-corrected chi connectivity index (χ0v) is 18.3. The van der Waals surface area contributed by atoms with Crippen LogP contribution in [-0.4, -0.2) is 21.0 Å². The third-order valence-electron chi connectivity index (χ3n) is 4.63. The van der Waals surface area contributed by atoms with Crippen molar-refractivity contribution in [1.29, 1.82) is 0 Å². The van der Waals surface area contributed by atoms with Gasteiger partial charge in [-0.3, -0.25) is 0 Å². The zero-order chi connectivity index (χ0) is 20.5. The SMILES string of the molecule is Cc1ccc(S(=O)(=O)N=[Se](=O)(c2ccccc2)c2ccc3ccccc3c2)cc1. The van der Waals surface area contributed by atoms with Gasteiger partial charge in [-0.15, -0.1) is 0 Å². The first-order valence-electron chi connectivity index (χ1n) is 9.02. The topological polar surface area (TPSA) is 63.6 Å². The molecule has 0 bridgehead atoms. The zero-order valence-electron chi connectivity index (χ0n) is 15.7. The van der Waals surface area contributed by atoms with E-state index >= 15 is 0 Å². The number of rotatable bonds is 4. The predicted octanol–water partition coefficient (Wildman–Crippen LogP) is 3.79. The molecule has 6 heteroatoms. The Kier molecular flexibility index (Phi) is 5.09. The van der Waals surface area contributed by atoms with Crippen molar-refractivity contribution in [3.05, 3.63) is 103 Å². The molecule has 0 heterocycles. The molecule has 0 radical (unpaired) electrons. The van der Waals surface area contributed by atoms with Gasteiger partial charge in [-0.25, -0.2) is 0 Å². The maximum atomic E-state index is 14.2. The first-order valence-corrected chi connectivity index (χ1v) is 13.6. The third-order valence-corrected chi connectivity index (χ3v) is 12.2. The fraction of sp³-hybridized carbons (Fsp3) is 0.0435. The van der Waals surface area contributed by atoms with Crippen LogP contribution in [0.25, 0.3) is 10.8 Å². The van der Waals surface area contributed by atoms with Crippen molar-refractivity contribution >= 4 is 42.3 Å². The third kappa shape index (κ3) is 3.87. The first-order chi connectivity index (χ1) is 13.9. The molecular formula is C23H19NO3SSe. The molecule has 0 fully saturated rings.